The summed E-state index contributed by atoms with van der Waals surface area (Å²) in [5.41, 5.74) is 13.8. The molecule has 0 saturated heterocycles. The van der Waals surface area contributed by atoms with E-state index in [1.54, 1.807) is 5.57 Å². The van der Waals surface area contributed by atoms with Crippen molar-refractivity contribution in [1.82, 2.24) is 9.55 Å². The molecule has 2 nitrogen and oxygen atoms in total. The largest absolute Gasteiger partial charge is 0.292 e. The van der Waals surface area contributed by atoms with Crippen LogP contribution in [-0.4, -0.2) is 9.55 Å². The molecule has 0 amide bonds. The molecule has 1 heterocycles. The average molecular weight is 683 g/mol. The lowest BCUT2D eigenvalue weighted by Crippen LogP contribution is -2.44. The Labute approximate surface area is 312 Å². The molecule has 3 unspecified atom stereocenters. The third-order valence-corrected chi connectivity index (χ3v) is 12.3. The van der Waals surface area contributed by atoms with Gasteiger partial charge in [0.05, 0.1) is 11.0 Å². The average Bonchev–Trinajstić information content (AvgIpc) is 3.60. The van der Waals surface area contributed by atoms with Crippen molar-refractivity contribution in [2.45, 2.75) is 33.1 Å². The fourth-order valence-electron chi connectivity index (χ4n) is 9.77. The first-order chi connectivity index (χ1) is 26.0. The maximum Gasteiger partial charge on any atom is 0.145 e. The van der Waals surface area contributed by atoms with E-state index < -0.39 is 0 Å². The van der Waals surface area contributed by atoms with Gasteiger partial charge < -0.3 is 0 Å². The molecular formula is C51H42N2. The van der Waals surface area contributed by atoms with Crippen LogP contribution in [-0.2, 0) is 0 Å². The number of hydrogen-bond acceptors (Lipinski definition) is 1. The van der Waals surface area contributed by atoms with Gasteiger partial charge in [0.25, 0.3) is 0 Å². The minimum Gasteiger partial charge on any atom is -0.292 e. The van der Waals surface area contributed by atoms with E-state index in [2.05, 4.69) is 194 Å². The van der Waals surface area contributed by atoms with Crippen LogP contribution >= 0.6 is 0 Å². The van der Waals surface area contributed by atoms with Crippen molar-refractivity contribution in [1.29, 1.82) is 0 Å². The molecule has 10 rings (SSSR count). The molecule has 3 atom stereocenters. The van der Waals surface area contributed by atoms with E-state index in [4.69, 9.17) is 4.98 Å². The molecule has 4 aliphatic rings. The van der Waals surface area contributed by atoms with Gasteiger partial charge in [0, 0.05) is 28.0 Å². The van der Waals surface area contributed by atoms with Crippen LogP contribution in [0, 0.1) is 16.7 Å². The maximum atomic E-state index is 5.08. The van der Waals surface area contributed by atoms with Gasteiger partial charge in [-0.15, -0.1) is 0 Å². The molecule has 0 bridgehead atoms. The highest BCUT2D eigenvalue weighted by Gasteiger charge is 2.53. The third kappa shape index (κ3) is 5.04. The van der Waals surface area contributed by atoms with Crippen molar-refractivity contribution in [2.75, 3.05) is 0 Å². The smallest absolute Gasteiger partial charge is 0.145 e. The number of benzene rings is 5. The van der Waals surface area contributed by atoms with Gasteiger partial charge in [0.1, 0.15) is 5.82 Å². The number of allylic oxidation sites excluding steroid dienone is 14. The molecule has 256 valence electrons. The number of nitrogens with zero attached hydrogens (tertiary/aromatic N) is 2. The van der Waals surface area contributed by atoms with E-state index in [1.165, 1.54) is 44.2 Å². The Morgan fingerprint density at radius 3 is 2.26 bits per heavy atom. The predicted octanol–water partition coefficient (Wildman–Crippen LogP) is 13.1. The number of fused-ring (bicyclic) bond motifs is 4. The van der Waals surface area contributed by atoms with Gasteiger partial charge in [-0.3, -0.25) is 4.57 Å². The molecule has 0 aliphatic heterocycles. The van der Waals surface area contributed by atoms with Crippen molar-refractivity contribution < 1.29 is 0 Å². The molecule has 2 heteroatoms. The zero-order valence-electron chi connectivity index (χ0n) is 30.3. The Kier molecular flexibility index (Phi) is 7.37. The molecule has 4 aliphatic carbocycles. The zero-order valence-corrected chi connectivity index (χ0v) is 30.3. The number of imidazole rings is 1. The van der Waals surface area contributed by atoms with Gasteiger partial charge >= 0.3 is 0 Å². The highest BCUT2D eigenvalue weighted by Crippen LogP contribution is 2.65. The molecule has 0 radical (unpaired) electrons. The first kappa shape index (κ1) is 31.7. The normalized spacial score (nSPS) is 23.4. The van der Waals surface area contributed by atoms with Crippen LogP contribution in [0.5, 0.6) is 0 Å². The van der Waals surface area contributed by atoms with Crippen LogP contribution in [0.15, 0.2) is 193 Å². The Hall–Kier alpha value is -5.99. The summed E-state index contributed by atoms with van der Waals surface area (Å²) in [5.74, 6) is 1.23. The minimum absolute atomic E-state index is 0.111. The van der Waals surface area contributed by atoms with Crippen molar-refractivity contribution >= 4 is 33.0 Å². The van der Waals surface area contributed by atoms with E-state index in [0.29, 0.717) is 0 Å². The highest BCUT2D eigenvalue weighted by molar-refractivity contribution is 5.92. The summed E-state index contributed by atoms with van der Waals surface area (Å²) in [6, 6.07) is 43.9. The summed E-state index contributed by atoms with van der Waals surface area (Å²) in [6.45, 7) is 5.01. The van der Waals surface area contributed by atoms with Crippen molar-refractivity contribution in [3.63, 3.8) is 0 Å². The van der Waals surface area contributed by atoms with Crippen LogP contribution in [0.4, 0.5) is 0 Å². The number of aromatic nitrogens is 2. The van der Waals surface area contributed by atoms with Gasteiger partial charge in [-0.1, -0.05) is 171 Å². The van der Waals surface area contributed by atoms with Gasteiger partial charge in [0.2, 0.25) is 0 Å². The number of rotatable bonds is 5. The summed E-state index contributed by atoms with van der Waals surface area (Å²) in [6.07, 6.45) is 24.8. The van der Waals surface area contributed by atoms with Crippen LogP contribution < -0.4 is 0 Å². The topological polar surface area (TPSA) is 17.8 Å². The van der Waals surface area contributed by atoms with Crippen LogP contribution in [0.2, 0.25) is 0 Å². The zero-order chi connectivity index (χ0) is 35.6. The second kappa shape index (κ2) is 12.3. The Bertz CT molecular complexity index is 2650. The van der Waals surface area contributed by atoms with Crippen molar-refractivity contribution in [3.05, 3.63) is 204 Å². The van der Waals surface area contributed by atoms with E-state index >= 15 is 0 Å². The Morgan fingerprint density at radius 2 is 1.43 bits per heavy atom. The van der Waals surface area contributed by atoms with Gasteiger partial charge in [-0.25, -0.2) is 4.98 Å². The van der Waals surface area contributed by atoms with E-state index in [0.717, 1.165) is 47.4 Å². The third-order valence-electron chi connectivity index (χ3n) is 12.3. The Morgan fingerprint density at radius 1 is 0.679 bits per heavy atom. The summed E-state index contributed by atoms with van der Waals surface area (Å²) < 4.78 is 2.29. The van der Waals surface area contributed by atoms with E-state index in [-0.39, 0.29) is 16.7 Å². The molecule has 1 aromatic heterocycles. The van der Waals surface area contributed by atoms with Gasteiger partial charge in [-0.05, 0) is 88.2 Å². The number of para-hydroxylation sites is 2. The predicted molar refractivity (Wildman–Crippen MR) is 222 cm³/mol. The molecule has 6 aromatic rings. The second-order valence-corrected chi connectivity index (χ2v) is 15.5. The molecule has 53 heavy (non-hydrogen) atoms. The second-order valence-electron chi connectivity index (χ2n) is 15.5. The van der Waals surface area contributed by atoms with E-state index in [9.17, 15) is 0 Å². The van der Waals surface area contributed by atoms with Crippen LogP contribution in [0.1, 0.15) is 44.2 Å². The standard InChI is InChI=1S/C51H42N2/c1-50-32-14-13-21-43(50)47(37-16-5-3-6-17-37)51(2)34-41(28-31-44(51)48(50)40-25-24-35-15-9-10-20-39(35)33-40)36-26-29-42(30-27-36)53-46-23-12-11-22-45(46)52-49(53)38-18-7-4-8-19-38/h3-5,7-16,18-31,33-34,47H,6,17,32H2,1-2H3. The monoisotopic (exact) mass is 682 g/mol. The van der Waals surface area contributed by atoms with Crippen LogP contribution in [0.25, 0.3) is 50.0 Å². The lowest BCUT2D eigenvalue weighted by atomic mass is 9.48. The van der Waals surface area contributed by atoms with Gasteiger partial charge in [-0.2, -0.15) is 0 Å². The van der Waals surface area contributed by atoms with Crippen molar-refractivity contribution in [3.8, 4) is 17.1 Å². The SMILES string of the molecule is CC12CC=CC=C1C(C1=CC=CCC1)C1(C)C=C(c3ccc(-n4c(-c5ccccc5)nc5ccccc54)cc3)C=CC1=C2c1ccc2ccccc2c1. The van der Waals surface area contributed by atoms with E-state index in [1.807, 2.05) is 0 Å². The molecule has 0 fully saturated rings. The molecule has 0 N–H and O–H groups in total. The maximum absolute atomic E-state index is 5.08. The summed E-state index contributed by atoms with van der Waals surface area (Å²) in [7, 11) is 0. The number of hydrogen-bond donors (Lipinski definition) is 0. The fourth-order valence-corrected chi connectivity index (χ4v) is 9.77. The summed E-state index contributed by atoms with van der Waals surface area (Å²) in [5, 5.41) is 2.58. The minimum atomic E-state index is -0.238. The highest BCUT2D eigenvalue weighted by atomic mass is 15.1. The first-order valence-electron chi connectivity index (χ1n) is 19.0. The molecule has 5 aromatic carbocycles. The molecular weight excluding hydrogens is 641 g/mol. The fraction of sp³-hybridized carbons (Fsp3) is 0.157. The molecule has 0 saturated carbocycles. The lowest BCUT2D eigenvalue weighted by molar-refractivity contribution is 0.315. The first-order valence-corrected chi connectivity index (χ1v) is 19.0. The summed E-state index contributed by atoms with van der Waals surface area (Å²) >= 11 is 0. The van der Waals surface area contributed by atoms with Gasteiger partial charge in [0.15, 0.2) is 0 Å². The summed E-state index contributed by atoms with van der Waals surface area (Å²) in [4.78, 5) is 5.08. The van der Waals surface area contributed by atoms with Crippen molar-refractivity contribution in [2.24, 2.45) is 16.7 Å². The Balaban J connectivity index is 1.14. The van der Waals surface area contributed by atoms with Crippen LogP contribution in [0.3, 0.4) is 0 Å². The molecule has 0 spiro atoms. The lowest BCUT2D eigenvalue weighted by Gasteiger charge is -2.55. The quantitative estimate of drug-likeness (QED) is 0.177.